The fourth-order valence-electron chi connectivity index (χ4n) is 1.30. The Bertz CT molecular complexity index is 608. The van der Waals surface area contributed by atoms with E-state index in [1.54, 1.807) is 6.07 Å². The van der Waals surface area contributed by atoms with Gasteiger partial charge in [-0.2, -0.15) is 5.10 Å². The normalized spacial score (nSPS) is 11.6. The molecule has 7 heteroatoms. The van der Waals surface area contributed by atoms with Crippen LogP contribution in [0.15, 0.2) is 35.4 Å². The maximum absolute atomic E-state index is 13.6. The molecule has 0 aliphatic rings. The van der Waals surface area contributed by atoms with Crippen molar-refractivity contribution in [1.29, 1.82) is 0 Å². The fourth-order valence-corrected chi connectivity index (χ4v) is 1.82. The third-order valence-corrected chi connectivity index (χ3v) is 2.97. The Hall–Kier alpha value is -1.73. The molecule has 0 aliphatic heterocycles. The average molecular weight is 241 g/mol. The number of aromatic amines is 1. The minimum atomic E-state index is -3.88. The maximum Gasteiger partial charge on any atom is 0.238 e. The van der Waals surface area contributed by atoms with Crippen LogP contribution in [0.2, 0.25) is 0 Å². The smallest absolute Gasteiger partial charge is 0.238 e. The van der Waals surface area contributed by atoms with Crippen LogP contribution >= 0.6 is 0 Å². The molecule has 0 atom stereocenters. The molecule has 0 saturated carbocycles. The van der Waals surface area contributed by atoms with E-state index < -0.39 is 15.8 Å². The van der Waals surface area contributed by atoms with Crippen LogP contribution in [0.3, 0.4) is 0 Å². The molecule has 0 fully saturated rings. The van der Waals surface area contributed by atoms with Crippen molar-refractivity contribution in [2.24, 2.45) is 5.14 Å². The Balaban J connectivity index is 2.54. The van der Waals surface area contributed by atoms with Gasteiger partial charge in [0.15, 0.2) is 0 Å². The number of halogens is 1. The molecular weight excluding hydrogens is 233 g/mol. The lowest BCUT2D eigenvalue weighted by Gasteiger charge is -2.02. The number of hydrogen-bond acceptors (Lipinski definition) is 3. The van der Waals surface area contributed by atoms with E-state index in [0.29, 0.717) is 5.69 Å². The Labute approximate surface area is 91.2 Å². The molecule has 0 radical (unpaired) electrons. The molecule has 84 valence electrons. The number of nitrogens with two attached hydrogens (primary N) is 1. The van der Waals surface area contributed by atoms with Crippen LogP contribution in [0.25, 0.3) is 11.3 Å². The van der Waals surface area contributed by atoms with Gasteiger partial charge < -0.3 is 0 Å². The van der Waals surface area contributed by atoms with E-state index in [4.69, 9.17) is 5.14 Å². The lowest BCUT2D eigenvalue weighted by molar-refractivity contribution is 0.593. The van der Waals surface area contributed by atoms with Crippen molar-refractivity contribution in [3.63, 3.8) is 0 Å². The van der Waals surface area contributed by atoms with E-state index in [-0.39, 0.29) is 10.5 Å². The average Bonchev–Trinajstić information content (AvgIpc) is 2.69. The Morgan fingerprint density at radius 3 is 2.56 bits per heavy atom. The molecule has 2 rings (SSSR count). The van der Waals surface area contributed by atoms with E-state index in [9.17, 15) is 12.8 Å². The molecule has 0 bridgehead atoms. The molecule has 2 aromatic rings. The number of H-pyrrole nitrogens is 1. The summed E-state index contributed by atoms with van der Waals surface area (Å²) in [5, 5.41) is 11.1. The highest BCUT2D eigenvalue weighted by molar-refractivity contribution is 7.89. The van der Waals surface area contributed by atoms with E-state index in [2.05, 4.69) is 10.2 Å². The summed E-state index contributed by atoms with van der Waals surface area (Å²) >= 11 is 0. The first-order valence-electron chi connectivity index (χ1n) is 4.30. The van der Waals surface area contributed by atoms with Crippen molar-refractivity contribution in [3.05, 3.63) is 36.3 Å². The lowest BCUT2D eigenvalue weighted by Crippen LogP contribution is -2.12. The number of nitrogens with zero attached hydrogens (tertiary/aromatic N) is 1. The Morgan fingerprint density at radius 1 is 1.31 bits per heavy atom. The molecule has 16 heavy (non-hydrogen) atoms. The van der Waals surface area contributed by atoms with Crippen molar-refractivity contribution in [1.82, 2.24) is 10.2 Å². The van der Waals surface area contributed by atoms with Gasteiger partial charge in [0.05, 0.1) is 10.6 Å². The van der Waals surface area contributed by atoms with E-state index in [1.807, 2.05) is 0 Å². The first-order valence-corrected chi connectivity index (χ1v) is 5.85. The highest BCUT2D eigenvalue weighted by Gasteiger charge is 2.12. The summed E-state index contributed by atoms with van der Waals surface area (Å²) in [6.45, 7) is 0. The van der Waals surface area contributed by atoms with E-state index in [0.717, 1.165) is 6.07 Å². The number of benzene rings is 1. The van der Waals surface area contributed by atoms with Gasteiger partial charge in [-0.15, -0.1) is 0 Å². The van der Waals surface area contributed by atoms with Crippen LogP contribution in [0.5, 0.6) is 0 Å². The van der Waals surface area contributed by atoms with Crippen LogP contribution in [-0.4, -0.2) is 18.6 Å². The van der Waals surface area contributed by atoms with Gasteiger partial charge in [-0.05, 0) is 24.3 Å². The maximum atomic E-state index is 13.6. The topological polar surface area (TPSA) is 88.8 Å². The lowest BCUT2D eigenvalue weighted by atomic mass is 10.1. The second-order valence-corrected chi connectivity index (χ2v) is 4.72. The Morgan fingerprint density at radius 2 is 2.06 bits per heavy atom. The predicted molar refractivity (Wildman–Crippen MR) is 55.4 cm³/mol. The standard InChI is InChI=1S/C9H8FN3O2S/c10-8-5-6(16(11,14)15)1-2-7(8)9-3-4-12-13-9/h1-5H,(H,12,13)(H2,11,14,15). The van der Waals surface area contributed by atoms with Crippen LogP contribution in [-0.2, 0) is 10.0 Å². The Kier molecular flexibility index (Phi) is 2.49. The van der Waals surface area contributed by atoms with Crippen LogP contribution in [0.1, 0.15) is 0 Å². The monoisotopic (exact) mass is 241 g/mol. The third-order valence-electron chi connectivity index (χ3n) is 2.06. The number of sulfonamides is 1. The molecule has 1 heterocycles. The minimum Gasteiger partial charge on any atom is -0.278 e. The van der Waals surface area contributed by atoms with Gasteiger partial charge in [0.2, 0.25) is 10.0 Å². The molecule has 1 aromatic heterocycles. The molecule has 3 N–H and O–H groups in total. The molecule has 1 aromatic carbocycles. The third kappa shape index (κ3) is 1.95. The molecule has 0 saturated heterocycles. The van der Waals surface area contributed by atoms with Gasteiger partial charge in [-0.1, -0.05) is 0 Å². The number of aromatic nitrogens is 2. The quantitative estimate of drug-likeness (QED) is 0.817. The van der Waals surface area contributed by atoms with Crippen molar-refractivity contribution in [2.45, 2.75) is 4.90 Å². The van der Waals surface area contributed by atoms with Gasteiger partial charge in [0.1, 0.15) is 5.82 Å². The fraction of sp³-hybridized carbons (Fsp3) is 0. The van der Waals surface area contributed by atoms with E-state index in [1.165, 1.54) is 18.3 Å². The molecule has 5 nitrogen and oxygen atoms in total. The van der Waals surface area contributed by atoms with Gasteiger partial charge >= 0.3 is 0 Å². The second kappa shape index (κ2) is 3.69. The first-order chi connectivity index (χ1) is 7.48. The van der Waals surface area contributed by atoms with Gasteiger partial charge in [0, 0.05) is 11.8 Å². The molecular formula is C9H8FN3O2S. The molecule has 0 aliphatic carbocycles. The summed E-state index contributed by atoms with van der Waals surface area (Å²) < 4.78 is 35.5. The zero-order valence-electron chi connectivity index (χ0n) is 8.01. The van der Waals surface area contributed by atoms with Gasteiger partial charge in [-0.3, -0.25) is 5.10 Å². The predicted octanol–water partition coefficient (Wildman–Crippen LogP) is 0.863. The highest BCUT2D eigenvalue weighted by atomic mass is 32.2. The van der Waals surface area contributed by atoms with Crippen LogP contribution in [0.4, 0.5) is 4.39 Å². The summed E-state index contributed by atoms with van der Waals surface area (Å²) in [5.41, 5.74) is 0.711. The van der Waals surface area contributed by atoms with Crippen molar-refractivity contribution < 1.29 is 12.8 Å². The summed E-state index contributed by atoms with van der Waals surface area (Å²) in [6.07, 6.45) is 1.47. The molecule has 0 amide bonds. The molecule has 0 spiro atoms. The van der Waals surface area contributed by atoms with Gasteiger partial charge in [0.25, 0.3) is 0 Å². The minimum absolute atomic E-state index is 0.241. The summed E-state index contributed by atoms with van der Waals surface area (Å²) in [6, 6.07) is 5.04. The van der Waals surface area contributed by atoms with Crippen LogP contribution < -0.4 is 5.14 Å². The second-order valence-electron chi connectivity index (χ2n) is 3.16. The number of primary sulfonamides is 1. The summed E-state index contributed by atoms with van der Waals surface area (Å²) in [4.78, 5) is -0.256. The summed E-state index contributed by atoms with van der Waals surface area (Å²) in [7, 11) is -3.88. The summed E-state index contributed by atoms with van der Waals surface area (Å²) in [5.74, 6) is -0.671. The van der Waals surface area contributed by atoms with Gasteiger partial charge in [-0.25, -0.2) is 17.9 Å². The highest BCUT2D eigenvalue weighted by Crippen LogP contribution is 2.22. The van der Waals surface area contributed by atoms with Crippen molar-refractivity contribution >= 4 is 10.0 Å². The van der Waals surface area contributed by atoms with E-state index >= 15 is 0 Å². The zero-order valence-corrected chi connectivity index (χ0v) is 8.83. The SMILES string of the molecule is NS(=O)(=O)c1ccc(-c2ccn[nH]2)c(F)c1. The van der Waals surface area contributed by atoms with Crippen LogP contribution in [0, 0.1) is 5.82 Å². The van der Waals surface area contributed by atoms with Crippen molar-refractivity contribution in [2.75, 3.05) is 0 Å². The zero-order chi connectivity index (χ0) is 11.8. The first kappa shape index (κ1) is 10.8. The number of rotatable bonds is 2. The number of hydrogen-bond donors (Lipinski definition) is 2. The molecule has 0 unspecified atom stereocenters. The largest absolute Gasteiger partial charge is 0.278 e. The van der Waals surface area contributed by atoms with Crippen molar-refractivity contribution in [3.8, 4) is 11.3 Å². The number of nitrogens with one attached hydrogen (secondary N) is 1.